The Morgan fingerprint density at radius 3 is 2.56 bits per heavy atom. The zero-order chi connectivity index (χ0) is 24.2. The van der Waals surface area contributed by atoms with Gasteiger partial charge in [0, 0.05) is 13.1 Å². The summed E-state index contributed by atoms with van der Waals surface area (Å²) in [5, 5.41) is 46.6. The van der Waals surface area contributed by atoms with Gasteiger partial charge in [-0.2, -0.15) is 0 Å². The van der Waals surface area contributed by atoms with Crippen LogP contribution in [0.4, 0.5) is 10.6 Å². The molecule has 3 aromatic rings. The number of carbonyl (C=O) groups excluding carboxylic acids is 1. The largest absolute Gasteiger partial charge is 0.508 e. The van der Waals surface area contributed by atoms with Gasteiger partial charge < -0.3 is 41.1 Å². The monoisotopic (exact) mass is 473 g/mol. The highest BCUT2D eigenvalue weighted by Crippen LogP contribution is 2.32. The number of ether oxygens (including phenoxy) is 1. The molecule has 2 aromatic heterocycles. The van der Waals surface area contributed by atoms with Crippen molar-refractivity contribution < 1.29 is 34.8 Å². The van der Waals surface area contributed by atoms with Gasteiger partial charge in [0.05, 0.1) is 6.33 Å². The molecule has 4 rings (SSSR count). The molecule has 2 amide bonds. The van der Waals surface area contributed by atoms with Crippen molar-refractivity contribution in [2.75, 3.05) is 18.4 Å². The third-order valence-corrected chi connectivity index (χ3v) is 5.23. The Hall–Kier alpha value is -4.01. The van der Waals surface area contributed by atoms with Gasteiger partial charge in [0.1, 0.15) is 36.9 Å². The highest BCUT2D eigenvalue weighted by Gasteiger charge is 2.44. The van der Waals surface area contributed by atoms with E-state index >= 15 is 0 Å². The van der Waals surface area contributed by atoms with Crippen LogP contribution in [0.25, 0.3) is 11.2 Å². The van der Waals surface area contributed by atoms with Crippen LogP contribution in [0, 0.1) is 0 Å². The standard InChI is InChI=1S/C20H23N7O7/c28-11-3-1-10(2-4-11)5-21-17-14-18(25-8-24-17)27(9-26-14)19-16(32)15(31)12(34-19)6-22-20(33)23-7-13(29)30/h1-4,8-9,12,15-16,19,28,31-32H,5-7H2,(H,29,30)(H,21,24,25)(H2,22,23,33)/t12-,15+,16?,19-/m1/s1. The lowest BCUT2D eigenvalue weighted by Gasteiger charge is -2.16. The Morgan fingerprint density at radius 2 is 1.82 bits per heavy atom. The molecule has 0 saturated carbocycles. The molecule has 3 heterocycles. The van der Waals surface area contributed by atoms with Crippen LogP contribution in [0.1, 0.15) is 11.8 Å². The normalized spacial score (nSPS) is 21.9. The minimum absolute atomic E-state index is 0.165. The number of hydrogen-bond donors (Lipinski definition) is 7. The Kier molecular flexibility index (Phi) is 6.72. The first-order valence-electron chi connectivity index (χ1n) is 10.3. The van der Waals surface area contributed by atoms with E-state index in [4.69, 9.17) is 9.84 Å². The zero-order valence-electron chi connectivity index (χ0n) is 17.7. The molecule has 14 heteroatoms. The number of fused-ring (bicyclic) bond motifs is 1. The second kappa shape index (κ2) is 9.86. The van der Waals surface area contributed by atoms with E-state index < -0.39 is 43.1 Å². The van der Waals surface area contributed by atoms with E-state index in [0.717, 1.165) is 5.56 Å². The summed E-state index contributed by atoms with van der Waals surface area (Å²) < 4.78 is 7.21. The first-order valence-corrected chi connectivity index (χ1v) is 10.3. The predicted octanol–water partition coefficient (Wildman–Crippen LogP) is -0.853. The molecule has 7 N–H and O–H groups in total. The molecule has 180 valence electrons. The van der Waals surface area contributed by atoms with E-state index in [1.54, 1.807) is 24.3 Å². The fraction of sp³-hybridized carbons (Fsp3) is 0.350. The number of carboxylic acids is 1. The van der Waals surface area contributed by atoms with Gasteiger partial charge in [0.15, 0.2) is 23.2 Å². The van der Waals surface area contributed by atoms with Crippen LogP contribution >= 0.6 is 0 Å². The lowest BCUT2D eigenvalue weighted by Crippen LogP contribution is -2.44. The summed E-state index contributed by atoms with van der Waals surface area (Å²) in [6.07, 6.45) is -1.92. The maximum Gasteiger partial charge on any atom is 0.323 e. The number of phenols is 1. The van der Waals surface area contributed by atoms with Gasteiger partial charge in [0.2, 0.25) is 0 Å². The van der Waals surface area contributed by atoms with E-state index in [1.807, 2.05) is 0 Å². The number of carboxylic acid groups (broad SMARTS) is 1. The van der Waals surface area contributed by atoms with E-state index in [2.05, 4.69) is 30.9 Å². The number of urea groups is 1. The number of imidazole rings is 1. The first-order chi connectivity index (χ1) is 16.3. The molecule has 0 spiro atoms. The number of aliphatic carboxylic acids is 1. The number of aliphatic hydroxyl groups excluding tert-OH is 2. The second-order valence-corrected chi connectivity index (χ2v) is 7.57. The molecule has 0 radical (unpaired) electrons. The lowest BCUT2D eigenvalue weighted by molar-refractivity contribution is -0.135. The number of aliphatic hydroxyl groups is 2. The van der Waals surface area contributed by atoms with Crippen LogP contribution < -0.4 is 16.0 Å². The van der Waals surface area contributed by atoms with Crippen LogP contribution in [0.5, 0.6) is 5.75 Å². The highest BCUT2D eigenvalue weighted by molar-refractivity contribution is 5.82. The van der Waals surface area contributed by atoms with Crippen LogP contribution in [-0.2, 0) is 16.1 Å². The fourth-order valence-corrected chi connectivity index (χ4v) is 3.51. The number of phenolic OH excluding ortho intramolecular Hbond substituents is 1. The molecule has 1 unspecified atom stereocenters. The van der Waals surface area contributed by atoms with Crippen molar-refractivity contribution in [1.82, 2.24) is 30.2 Å². The summed E-state index contributed by atoms with van der Waals surface area (Å²) in [4.78, 5) is 34.9. The molecule has 1 aliphatic rings. The van der Waals surface area contributed by atoms with Gasteiger partial charge in [-0.3, -0.25) is 9.36 Å². The van der Waals surface area contributed by atoms with E-state index in [9.17, 15) is 24.9 Å². The summed E-state index contributed by atoms with van der Waals surface area (Å²) >= 11 is 0. The van der Waals surface area contributed by atoms with Crippen molar-refractivity contribution in [3.05, 3.63) is 42.5 Å². The molecular weight excluding hydrogens is 450 g/mol. The molecule has 0 bridgehead atoms. The minimum atomic E-state index is -1.34. The number of rotatable bonds is 8. The van der Waals surface area contributed by atoms with Crippen LogP contribution in [0.2, 0.25) is 0 Å². The maximum absolute atomic E-state index is 11.7. The Labute approximate surface area is 192 Å². The van der Waals surface area contributed by atoms with E-state index in [-0.39, 0.29) is 12.3 Å². The molecule has 1 fully saturated rings. The minimum Gasteiger partial charge on any atom is -0.508 e. The van der Waals surface area contributed by atoms with Gasteiger partial charge in [-0.1, -0.05) is 12.1 Å². The van der Waals surface area contributed by atoms with Gasteiger partial charge >= 0.3 is 12.0 Å². The molecule has 34 heavy (non-hydrogen) atoms. The Morgan fingerprint density at radius 1 is 1.06 bits per heavy atom. The van der Waals surface area contributed by atoms with Crippen LogP contribution in [0.3, 0.4) is 0 Å². The molecular formula is C20H23N7O7. The fourth-order valence-electron chi connectivity index (χ4n) is 3.51. The Balaban J connectivity index is 1.44. The average molecular weight is 473 g/mol. The number of hydrogen-bond acceptors (Lipinski definition) is 10. The van der Waals surface area contributed by atoms with E-state index in [1.165, 1.54) is 17.2 Å². The summed E-state index contributed by atoms with van der Waals surface area (Å²) in [6.45, 7) is -0.311. The SMILES string of the molecule is O=C(O)CNC(=O)NC[C@H]1O[C@@H](n2cnc3c(NCc4ccc(O)cc4)ncnc32)C(O)[C@H]1O. The van der Waals surface area contributed by atoms with Crippen molar-refractivity contribution in [2.24, 2.45) is 0 Å². The van der Waals surface area contributed by atoms with Gasteiger partial charge in [-0.15, -0.1) is 0 Å². The van der Waals surface area contributed by atoms with Gasteiger partial charge in [0.25, 0.3) is 0 Å². The molecule has 4 atom stereocenters. The average Bonchev–Trinajstić information content (AvgIpc) is 3.37. The van der Waals surface area contributed by atoms with E-state index in [0.29, 0.717) is 23.5 Å². The van der Waals surface area contributed by atoms with Crippen molar-refractivity contribution in [2.45, 2.75) is 31.1 Å². The zero-order valence-corrected chi connectivity index (χ0v) is 17.7. The highest BCUT2D eigenvalue weighted by atomic mass is 16.6. The van der Waals surface area contributed by atoms with Crippen LogP contribution in [0.15, 0.2) is 36.9 Å². The van der Waals surface area contributed by atoms with Crippen molar-refractivity contribution in [1.29, 1.82) is 0 Å². The van der Waals surface area contributed by atoms with Gasteiger partial charge in [-0.25, -0.2) is 19.7 Å². The topological polar surface area (TPSA) is 204 Å². The quantitative estimate of drug-likeness (QED) is 0.214. The number of aromatic nitrogens is 4. The smallest absolute Gasteiger partial charge is 0.323 e. The van der Waals surface area contributed by atoms with Gasteiger partial charge in [-0.05, 0) is 17.7 Å². The molecule has 1 aliphatic heterocycles. The lowest BCUT2D eigenvalue weighted by atomic mass is 10.1. The predicted molar refractivity (Wildman–Crippen MR) is 116 cm³/mol. The third kappa shape index (κ3) is 4.98. The number of nitrogens with zero attached hydrogens (tertiary/aromatic N) is 4. The van der Waals surface area contributed by atoms with Crippen molar-refractivity contribution in [3.8, 4) is 5.75 Å². The number of amides is 2. The summed E-state index contributed by atoms with van der Waals surface area (Å²) in [7, 11) is 0. The van der Waals surface area contributed by atoms with Crippen LogP contribution in [-0.4, -0.2) is 83.3 Å². The number of benzene rings is 1. The summed E-state index contributed by atoms with van der Waals surface area (Å²) in [5.41, 5.74) is 1.68. The summed E-state index contributed by atoms with van der Waals surface area (Å²) in [6, 6.07) is 5.93. The maximum atomic E-state index is 11.7. The second-order valence-electron chi connectivity index (χ2n) is 7.57. The molecule has 1 aromatic carbocycles. The third-order valence-electron chi connectivity index (χ3n) is 5.23. The molecule has 14 nitrogen and oxygen atoms in total. The number of aromatic hydroxyl groups is 1. The number of anilines is 1. The molecule has 0 aliphatic carbocycles. The Bertz CT molecular complexity index is 1170. The summed E-state index contributed by atoms with van der Waals surface area (Å²) in [5.74, 6) is -0.592. The number of carbonyl (C=O) groups is 2. The number of nitrogens with one attached hydrogen (secondary N) is 3. The van der Waals surface area contributed by atoms with Crippen molar-refractivity contribution >= 4 is 29.0 Å². The van der Waals surface area contributed by atoms with Crippen molar-refractivity contribution in [3.63, 3.8) is 0 Å². The molecule has 1 saturated heterocycles. The first kappa shape index (κ1) is 23.2.